The molecule has 0 unspecified atom stereocenters. The Morgan fingerprint density at radius 1 is 1.19 bits per heavy atom. The Kier molecular flexibility index (Phi) is 1.93. The summed E-state index contributed by atoms with van der Waals surface area (Å²) in [5.41, 5.74) is -1.98. The number of Topliss-reactive ketones (excluding diaryl/α,β-unsaturated/α-hetero) is 2. The van der Waals surface area contributed by atoms with Crippen molar-refractivity contribution in [3.63, 3.8) is 0 Å². The molecule has 88 valence electrons. The summed E-state index contributed by atoms with van der Waals surface area (Å²) in [6.07, 6.45) is 3.95. The Labute approximate surface area is 95.2 Å². The fraction of sp³-hybridized carbons (Fsp3) is 0.846. The van der Waals surface area contributed by atoms with Gasteiger partial charge in [0.2, 0.25) is 0 Å². The lowest BCUT2D eigenvalue weighted by molar-refractivity contribution is -0.157. The summed E-state index contributed by atoms with van der Waals surface area (Å²) in [6.45, 7) is 2.07. The molecule has 0 aliphatic heterocycles. The highest BCUT2D eigenvalue weighted by molar-refractivity contribution is 6.02. The Morgan fingerprint density at radius 3 is 2.69 bits per heavy atom. The lowest BCUT2D eigenvalue weighted by Crippen LogP contribution is -2.53. The average molecular weight is 222 g/mol. The molecule has 0 aromatic rings. The fourth-order valence-corrected chi connectivity index (χ4v) is 4.50. The van der Waals surface area contributed by atoms with Crippen LogP contribution in [0.5, 0.6) is 0 Å². The number of ketones is 2. The lowest BCUT2D eigenvalue weighted by Gasteiger charge is -2.43. The minimum atomic E-state index is -1.30. The van der Waals surface area contributed by atoms with Gasteiger partial charge in [0.1, 0.15) is 11.4 Å². The zero-order valence-corrected chi connectivity index (χ0v) is 9.66. The van der Waals surface area contributed by atoms with E-state index in [1.54, 1.807) is 0 Å². The van der Waals surface area contributed by atoms with Crippen molar-refractivity contribution in [2.75, 3.05) is 0 Å². The van der Waals surface area contributed by atoms with Crippen molar-refractivity contribution in [3.05, 3.63) is 0 Å². The minimum Gasteiger partial charge on any atom is -0.381 e. The third kappa shape index (κ3) is 0.939. The van der Waals surface area contributed by atoms with Crippen molar-refractivity contribution in [2.45, 2.75) is 51.0 Å². The minimum absolute atomic E-state index is 0.0718. The van der Waals surface area contributed by atoms with Crippen LogP contribution in [-0.2, 0) is 9.59 Å². The number of carbonyl (C=O) groups is 2. The van der Waals surface area contributed by atoms with Gasteiger partial charge in [-0.25, -0.2) is 0 Å². The van der Waals surface area contributed by atoms with Crippen molar-refractivity contribution < 1.29 is 14.7 Å². The van der Waals surface area contributed by atoms with Crippen LogP contribution in [-0.4, -0.2) is 22.3 Å². The van der Waals surface area contributed by atoms with Gasteiger partial charge in [-0.3, -0.25) is 9.59 Å². The Hall–Kier alpha value is -0.700. The number of rotatable bonds is 0. The maximum Gasteiger partial charge on any atom is 0.165 e. The molecule has 3 saturated carbocycles. The maximum absolute atomic E-state index is 12.3. The average Bonchev–Trinajstić information content (AvgIpc) is 2.63. The predicted octanol–water partition coefficient (Wildman–Crippen LogP) is 1.48. The zero-order valence-electron chi connectivity index (χ0n) is 9.66. The molecule has 0 saturated heterocycles. The molecule has 0 radical (unpaired) electrons. The van der Waals surface area contributed by atoms with Crippen molar-refractivity contribution in [1.82, 2.24) is 0 Å². The van der Waals surface area contributed by atoms with Crippen LogP contribution < -0.4 is 0 Å². The highest BCUT2D eigenvalue weighted by atomic mass is 16.3. The van der Waals surface area contributed by atoms with Crippen LogP contribution in [0.3, 0.4) is 0 Å². The van der Waals surface area contributed by atoms with E-state index in [2.05, 4.69) is 6.92 Å². The topological polar surface area (TPSA) is 54.4 Å². The first-order valence-corrected chi connectivity index (χ1v) is 6.30. The van der Waals surface area contributed by atoms with E-state index in [0.29, 0.717) is 25.2 Å². The largest absolute Gasteiger partial charge is 0.381 e. The summed E-state index contributed by atoms with van der Waals surface area (Å²) < 4.78 is 0. The molecule has 3 nitrogen and oxygen atoms in total. The van der Waals surface area contributed by atoms with Crippen LogP contribution in [0.25, 0.3) is 0 Å². The molecular formula is C13H18O3. The van der Waals surface area contributed by atoms with Crippen molar-refractivity contribution >= 4 is 11.6 Å². The zero-order chi connectivity index (χ0) is 11.6. The number of hydrogen-bond donors (Lipinski definition) is 1. The van der Waals surface area contributed by atoms with E-state index >= 15 is 0 Å². The standard InChI is InChI=1S/C13H18O3/c1-8-5-9-7-11(15)13(16)4-2-3-12(9,13)10(14)6-8/h8-9,16H,2-7H2,1H3/t8-,9-,12+,13+/m1/s1. The van der Waals surface area contributed by atoms with Crippen molar-refractivity contribution in [1.29, 1.82) is 0 Å². The second-order valence-electron chi connectivity index (χ2n) is 5.98. The van der Waals surface area contributed by atoms with Crippen LogP contribution in [0.4, 0.5) is 0 Å². The first-order valence-electron chi connectivity index (χ1n) is 6.30. The van der Waals surface area contributed by atoms with Gasteiger partial charge in [-0.15, -0.1) is 0 Å². The Balaban J connectivity index is 2.11. The lowest BCUT2D eigenvalue weighted by atomic mass is 9.60. The molecule has 0 bridgehead atoms. The molecule has 0 aromatic carbocycles. The summed E-state index contributed by atoms with van der Waals surface area (Å²) >= 11 is 0. The van der Waals surface area contributed by atoms with Crippen LogP contribution >= 0.6 is 0 Å². The second kappa shape index (κ2) is 2.95. The monoisotopic (exact) mass is 222 g/mol. The molecule has 3 rings (SSSR count). The highest BCUT2D eigenvalue weighted by Crippen LogP contribution is 2.62. The molecule has 3 fully saturated rings. The molecule has 16 heavy (non-hydrogen) atoms. The smallest absolute Gasteiger partial charge is 0.165 e. The van der Waals surface area contributed by atoms with Crippen LogP contribution in [0.1, 0.15) is 45.4 Å². The van der Waals surface area contributed by atoms with Gasteiger partial charge in [0.25, 0.3) is 0 Å². The Morgan fingerprint density at radius 2 is 1.94 bits per heavy atom. The van der Waals surface area contributed by atoms with Crippen LogP contribution in [0.2, 0.25) is 0 Å². The summed E-state index contributed by atoms with van der Waals surface area (Å²) in [7, 11) is 0. The maximum atomic E-state index is 12.3. The van der Waals surface area contributed by atoms with Gasteiger partial charge in [-0.2, -0.15) is 0 Å². The van der Waals surface area contributed by atoms with E-state index < -0.39 is 11.0 Å². The van der Waals surface area contributed by atoms with Gasteiger partial charge in [0.05, 0.1) is 5.41 Å². The summed E-state index contributed by atoms with van der Waals surface area (Å²) in [5.74, 6) is 0.571. The fourth-order valence-electron chi connectivity index (χ4n) is 4.50. The highest BCUT2D eigenvalue weighted by Gasteiger charge is 2.70. The van der Waals surface area contributed by atoms with E-state index in [4.69, 9.17) is 0 Å². The van der Waals surface area contributed by atoms with Crippen molar-refractivity contribution in [2.24, 2.45) is 17.3 Å². The second-order valence-corrected chi connectivity index (χ2v) is 5.98. The molecule has 4 atom stereocenters. The van der Waals surface area contributed by atoms with Crippen molar-refractivity contribution in [3.8, 4) is 0 Å². The van der Waals surface area contributed by atoms with Gasteiger partial charge < -0.3 is 5.11 Å². The summed E-state index contributed by atoms with van der Waals surface area (Å²) in [6, 6.07) is 0. The molecule has 1 N–H and O–H groups in total. The molecule has 0 amide bonds. The summed E-state index contributed by atoms with van der Waals surface area (Å²) in [4.78, 5) is 24.3. The first kappa shape index (κ1) is 10.5. The van der Waals surface area contributed by atoms with E-state index in [1.165, 1.54) is 0 Å². The number of aliphatic hydroxyl groups is 1. The third-order valence-electron chi connectivity index (χ3n) is 5.16. The van der Waals surface area contributed by atoms with Crippen LogP contribution in [0, 0.1) is 17.3 Å². The van der Waals surface area contributed by atoms with Gasteiger partial charge in [-0.1, -0.05) is 6.92 Å². The number of carbonyl (C=O) groups excluding carboxylic acids is 2. The first-order chi connectivity index (χ1) is 7.50. The van der Waals surface area contributed by atoms with E-state index in [9.17, 15) is 14.7 Å². The molecule has 0 aromatic heterocycles. The quantitative estimate of drug-likeness (QED) is 0.675. The Bertz CT molecular complexity index is 375. The predicted molar refractivity (Wildman–Crippen MR) is 57.8 cm³/mol. The number of hydrogen-bond acceptors (Lipinski definition) is 3. The van der Waals surface area contributed by atoms with Gasteiger partial charge in [-0.05, 0) is 37.5 Å². The molecule has 1 spiro atoms. The SMILES string of the molecule is C[C@H]1CC(=O)[C@@]23CCC[C@]2(O)C(=O)C[C@H]3C1. The van der Waals surface area contributed by atoms with E-state index in [0.717, 1.165) is 19.3 Å². The molecule has 3 aliphatic carbocycles. The normalized spacial score (nSPS) is 51.6. The molecule has 3 heteroatoms. The van der Waals surface area contributed by atoms with Gasteiger partial charge >= 0.3 is 0 Å². The van der Waals surface area contributed by atoms with Gasteiger partial charge in [0.15, 0.2) is 5.78 Å². The molecular weight excluding hydrogens is 204 g/mol. The third-order valence-corrected chi connectivity index (χ3v) is 5.16. The van der Waals surface area contributed by atoms with E-state index in [-0.39, 0.29) is 17.5 Å². The summed E-state index contributed by atoms with van der Waals surface area (Å²) in [5, 5.41) is 10.6. The molecule has 3 aliphatic rings. The van der Waals surface area contributed by atoms with E-state index in [1.807, 2.05) is 0 Å². The molecule has 0 heterocycles. The van der Waals surface area contributed by atoms with Gasteiger partial charge in [0, 0.05) is 12.8 Å². The van der Waals surface area contributed by atoms with Crippen LogP contribution in [0.15, 0.2) is 0 Å².